The zero-order valence-electron chi connectivity index (χ0n) is 15.4. The van der Waals surface area contributed by atoms with Crippen LogP contribution >= 0.6 is 24.8 Å². The molecule has 0 spiro atoms. The van der Waals surface area contributed by atoms with Crippen LogP contribution < -0.4 is 11.1 Å². The standard InChI is InChI=1S/C20H27N3O.2ClH/c1-3-23(4-2)15-16-8-7-10-18(14-16)22-20(24)13-12-17-9-5-6-11-19(17)21;;/h5-11,14H,3-4,12-13,15,21H2,1-2H3,(H,22,24);2*1H. The van der Waals surface area contributed by atoms with E-state index in [0.717, 1.165) is 36.6 Å². The van der Waals surface area contributed by atoms with Gasteiger partial charge in [-0.25, -0.2) is 0 Å². The number of nitrogens with one attached hydrogen (secondary N) is 1. The van der Waals surface area contributed by atoms with Crippen LogP contribution in [0.2, 0.25) is 0 Å². The molecule has 26 heavy (non-hydrogen) atoms. The third-order valence-corrected chi connectivity index (χ3v) is 4.19. The molecule has 0 atom stereocenters. The van der Waals surface area contributed by atoms with Crippen LogP contribution in [0.3, 0.4) is 0 Å². The smallest absolute Gasteiger partial charge is 0.224 e. The summed E-state index contributed by atoms with van der Waals surface area (Å²) >= 11 is 0. The minimum Gasteiger partial charge on any atom is -0.399 e. The van der Waals surface area contributed by atoms with Crippen LogP contribution in [0.25, 0.3) is 0 Å². The van der Waals surface area contributed by atoms with Crippen molar-refractivity contribution in [3.05, 3.63) is 59.7 Å². The highest BCUT2D eigenvalue weighted by molar-refractivity contribution is 5.91. The highest BCUT2D eigenvalue weighted by Crippen LogP contribution is 2.15. The molecule has 0 unspecified atom stereocenters. The van der Waals surface area contributed by atoms with Gasteiger partial charge in [0.25, 0.3) is 0 Å². The topological polar surface area (TPSA) is 58.4 Å². The molecule has 144 valence electrons. The number of aryl methyl sites for hydroxylation is 1. The van der Waals surface area contributed by atoms with Gasteiger partial charge in [-0.3, -0.25) is 9.69 Å². The van der Waals surface area contributed by atoms with Gasteiger partial charge in [0, 0.05) is 24.3 Å². The second-order valence-electron chi connectivity index (χ2n) is 5.91. The Bertz CT molecular complexity index is 676. The Balaban J connectivity index is 0.00000312. The van der Waals surface area contributed by atoms with Crippen LogP contribution in [-0.4, -0.2) is 23.9 Å². The molecule has 3 N–H and O–H groups in total. The number of hydrogen-bond donors (Lipinski definition) is 2. The van der Waals surface area contributed by atoms with Crippen molar-refractivity contribution in [2.75, 3.05) is 24.1 Å². The summed E-state index contributed by atoms with van der Waals surface area (Å²) in [4.78, 5) is 14.5. The fourth-order valence-corrected chi connectivity index (χ4v) is 2.69. The minimum atomic E-state index is 0. The van der Waals surface area contributed by atoms with Gasteiger partial charge in [-0.15, -0.1) is 24.8 Å². The van der Waals surface area contributed by atoms with E-state index in [1.807, 2.05) is 42.5 Å². The van der Waals surface area contributed by atoms with Crippen molar-refractivity contribution in [1.29, 1.82) is 0 Å². The van der Waals surface area contributed by atoms with Gasteiger partial charge in [-0.1, -0.05) is 44.2 Å². The van der Waals surface area contributed by atoms with Crippen molar-refractivity contribution < 1.29 is 4.79 Å². The first-order chi connectivity index (χ1) is 11.6. The minimum absolute atomic E-state index is 0. The van der Waals surface area contributed by atoms with Crippen LogP contribution in [0.15, 0.2) is 48.5 Å². The molecule has 2 aromatic carbocycles. The van der Waals surface area contributed by atoms with Gasteiger partial charge in [0.1, 0.15) is 0 Å². The Kier molecular flexibility index (Phi) is 11.7. The summed E-state index contributed by atoms with van der Waals surface area (Å²) in [6.45, 7) is 7.25. The lowest BCUT2D eigenvalue weighted by molar-refractivity contribution is -0.116. The third kappa shape index (κ3) is 7.65. The summed E-state index contributed by atoms with van der Waals surface area (Å²) in [5.41, 5.74) is 9.74. The fourth-order valence-electron chi connectivity index (χ4n) is 2.69. The van der Waals surface area contributed by atoms with Crippen molar-refractivity contribution in [1.82, 2.24) is 4.90 Å². The zero-order chi connectivity index (χ0) is 17.4. The van der Waals surface area contributed by atoms with Crippen LogP contribution in [0, 0.1) is 0 Å². The lowest BCUT2D eigenvalue weighted by Gasteiger charge is -2.18. The zero-order valence-corrected chi connectivity index (χ0v) is 17.0. The van der Waals surface area contributed by atoms with Gasteiger partial charge < -0.3 is 11.1 Å². The molecule has 0 fully saturated rings. The molecular weight excluding hydrogens is 369 g/mol. The number of carbonyl (C=O) groups is 1. The highest BCUT2D eigenvalue weighted by Gasteiger charge is 2.07. The molecule has 0 saturated heterocycles. The molecule has 2 rings (SSSR count). The number of hydrogen-bond acceptors (Lipinski definition) is 3. The first-order valence-corrected chi connectivity index (χ1v) is 8.57. The molecular formula is C20H29Cl2N3O. The second kappa shape index (κ2) is 12.6. The van der Waals surface area contributed by atoms with E-state index >= 15 is 0 Å². The third-order valence-electron chi connectivity index (χ3n) is 4.19. The van der Waals surface area contributed by atoms with E-state index in [4.69, 9.17) is 5.73 Å². The first-order valence-electron chi connectivity index (χ1n) is 8.57. The Labute approximate surface area is 169 Å². The number of nitrogens with two attached hydrogens (primary N) is 1. The lowest BCUT2D eigenvalue weighted by atomic mass is 10.1. The SMILES string of the molecule is CCN(CC)Cc1cccc(NC(=O)CCc2ccccc2N)c1.Cl.Cl. The summed E-state index contributed by atoms with van der Waals surface area (Å²) in [6, 6.07) is 15.7. The Morgan fingerprint density at radius 2 is 1.73 bits per heavy atom. The van der Waals surface area contributed by atoms with Gasteiger partial charge in [0.2, 0.25) is 5.91 Å². The van der Waals surface area contributed by atoms with Crippen LogP contribution in [0.4, 0.5) is 11.4 Å². The Hall–Kier alpha value is -1.75. The number of nitrogen functional groups attached to an aromatic ring is 1. The first kappa shape index (κ1) is 24.2. The van der Waals surface area contributed by atoms with E-state index in [2.05, 4.69) is 30.1 Å². The number of anilines is 2. The molecule has 0 aliphatic carbocycles. The number of carbonyl (C=O) groups excluding carboxylic acids is 1. The molecule has 0 radical (unpaired) electrons. The number of amides is 1. The van der Waals surface area contributed by atoms with Crippen LogP contribution in [-0.2, 0) is 17.8 Å². The fraction of sp³-hybridized carbons (Fsp3) is 0.350. The average Bonchev–Trinajstić information content (AvgIpc) is 2.59. The number of halogens is 2. The average molecular weight is 398 g/mol. The molecule has 0 heterocycles. The van der Waals surface area contributed by atoms with E-state index < -0.39 is 0 Å². The number of nitrogens with zero attached hydrogens (tertiary/aromatic N) is 1. The van der Waals surface area contributed by atoms with E-state index in [9.17, 15) is 4.79 Å². The monoisotopic (exact) mass is 397 g/mol. The largest absolute Gasteiger partial charge is 0.399 e. The summed E-state index contributed by atoms with van der Waals surface area (Å²) in [6.07, 6.45) is 1.08. The van der Waals surface area contributed by atoms with E-state index in [-0.39, 0.29) is 30.7 Å². The maximum Gasteiger partial charge on any atom is 0.224 e. The van der Waals surface area contributed by atoms with Crippen LogP contribution in [0.5, 0.6) is 0 Å². The predicted octanol–water partition coefficient (Wildman–Crippen LogP) is 4.53. The molecule has 4 nitrogen and oxygen atoms in total. The summed E-state index contributed by atoms with van der Waals surface area (Å²) in [5.74, 6) is 0.0123. The van der Waals surface area contributed by atoms with Gasteiger partial charge in [0.05, 0.1) is 0 Å². The second-order valence-corrected chi connectivity index (χ2v) is 5.91. The van der Waals surface area contributed by atoms with E-state index in [1.54, 1.807) is 0 Å². The van der Waals surface area contributed by atoms with Crippen molar-refractivity contribution >= 4 is 42.1 Å². The predicted molar refractivity (Wildman–Crippen MR) is 115 cm³/mol. The van der Waals surface area contributed by atoms with Crippen LogP contribution in [0.1, 0.15) is 31.4 Å². The Morgan fingerprint density at radius 3 is 2.38 bits per heavy atom. The Morgan fingerprint density at radius 1 is 1.04 bits per heavy atom. The number of benzene rings is 2. The van der Waals surface area contributed by atoms with E-state index in [1.165, 1.54) is 5.56 Å². The van der Waals surface area contributed by atoms with Gasteiger partial charge in [-0.2, -0.15) is 0 Å². The lowest BCUT2D eigenvalue weighted by Crippen LogP contribution is -2.22. The van der Waals surface area contributed by atoms with Crippen molar-refractivity contribution in [2.45, 2.75) is 33.2 Å². The van der Waals surface area contributed by atoms with Gasteiger partial charge in [0.15, 0.2) is 0 Å². The van der Waals surface area contributed by atoms with Crippen molar-refractivity contribution in [2.24, 2.45) is 0 Å². The maximum absolute atomic E-state index is 12.2. The molecule has 0 aromatic heterocycles. The summed E-state index contributed by atoms with van der Waals surface area (Å²) in [5, 5.41) is 2.98. The number of rotatable bonds is 8. The summed E-state index contributed by atoms with van der Waals surface area (Å²) < 4.78 is 0. The highest BCUT2D eigenvalue weighted by atomic mass is 35.5. The molecule has 0 saturated carbocycles. The number of para-hydroxylation sites is 1. The molecule has 0 aliphatic heterocycles. The summed E-state index contributed by atoms with van der Waals surface area (Å²) in [7, 11) is 0. The molecule has 6 heteroatoms. The quantitative estimate of drug-likeness (QED) is 0.643. The van der Waals surface area contributed by atoms with Crippen molar-refractivity contribution in [3.8, 4) is 0 Å². The molecule has 1 amide bonds. The van der Waals surface area contributed by atoms with Gasteiger partial charge >= 0.3 is 0 Å². The van der Waals surface area contributed by atoms with Gasteiger partial charge in [-0.05, 0) is 48.8 Å². The normalized spacial score (nSPS) is 9.96. The maximum atomic E-state index is 12.2. The molecule has 0 bridgehead atoms. The molecule has 0 aliphatic rings. The van der Waals surface area contributed by atoms with Crippen molar-refractivity contribution in [3.63, 3.8) is 0 Å². The molecule has 2 aromatic rings. The van der Waals surface area contributed by atoms with E-state index in [0.29, 0.717) is 12.8 Å².